The average Bonchev–Trinajstić information content (AvgIpc) is 2.46. The summed E-state index contributed by atoms with van der Waals surface area (Å²) in [5.41, 5.74) is 13.1. The van der Waals surface area contributed by atoms with Crippen LogP contribution in [-0.4, -0.2) is 23.4 Å². The van der Waals surface area contributed by atoms with Crippen LogP contribution in [0.5, 0.6) is 0 Å². The number of rotatable bonds is 2. The van der Waals surface area contributed by atoms with Crippen molar-refractivity contribution in [3.63, 3.8) is 0 Å². The molecule has 1 fully saturated rings. The molecule has 23 heavy (non-hydrogen) atoms. The summed E-state index contributed by atoms with van der Waals surface area (Å²) in [6.07, 6.45) is 5.11. The lowest BCUT2D eigenvalue weighted by Gasteiger charge is -2.45. The minimum absolute atomic E-state index is 0.0124. The number of ketones is 1. The zero-order valence-corrected chi connectivity index (χ0v) is 14.6. The average molecular weight is 378 g/mol. The van der Waals surface area contributed by atoms with Gasteiger partial charge in [0.1, 0.15) is 5.66 Å². The summed E-state index contributed by atoms with van der Waals surface area (Å²) in [4.78, 5) is 22.4. The van der Waals surface area contributed by atoms with Gasteiger partial charge in [0.05, 0.1) is 0 Å². The first-order valence-electron chi connectivity index (χ1n) is 7.73. The Bertz CT molecular complexity index is 706. The molecule has 0 radical (unpaired) electrons. The van der Waals surface area contributed by atoms with E-state index in [2.05, 4.69) is 25.9 Å². The first kappa shape index (κ1) is 16.0. The summed E-state index contributed by atoms with van der Waals surface area (Å²) in [5.74, 6) is 0.597. The Balaban J connectivity index is 2.07. The molecule has 1 saturated carbocycles. The minimum atomic E-state index is -0.467. The van der Waals surface area contributed by atoms with E-state index in [1.807, 2.05) is 17.0 Å². The predicted molar refractivity (Wildman–Crippen MR) is 95.7 cm³/mol. The zero-order chi connectivity index (χ0) is 16.6. The van der Waals surface area contributed by atoms with Crippen LogP contribution in [0.1, 0.15) is 49.4 Å². The van der Waals surface area contributed by atoms with Gasteiger partial charge in [-0.1, -0.05) is 6.42 Å². The number of aliphatic imine (C=N–C) groups is 2. The van der Waals surface area contributed by atoms with Gasteiger partial charge in [0, 0.05) is 15.7 Å². The molecule has 1 heterocycles. The van der Waals surface area contributed by atoms with E-state index in [1.54, 1.807) is 13.0 Å². The molecule has 6 nitrogen and oxygen atoms in total. The highest BCUT2D eigenvalue weighted by Crippen LogP contribution is 2.40. The lowest BCUT2D eigenvalue weighted by atomic mass is 9.87. The Morgan fingerprint density at radius 2 is 1.96 bits per heavy atom. The molecule has 0 atom stereocenters. The van der Waals surface area contributed by atoms with Crippen molar-refractivity contribution in [2.75, 3.05) is 4.90 Å². The van der Waals surface area contributed by atoms with E-state index in [4.69, 9.17) is 11.5 Å². The normalized spacial score (nSPS) is 20.2. The van der Waals surface area contributed by atoms with E-state index in [-0.39, 0.29) is 11.7 Å². The highest BCUT2D eigenvalue weighted by atomic mass is 79.9. The lowest BCUT2D eigenvalue weighted by Crippen LogP contribution is -2.58. The van der Waals surface area contributed by atoms with Crippen molar-refractivity contribution in [1.29, 1.82) is 0 Å². The van der Waals surface area contributed by atoms with Crippen molar-refractivity contribution in [2.45, 2.75) is 44.7 Å². The van der Waals surface area contributed by atoms with Crippen LogP contribution in [0.4, 0.5) is 5.69 Å². The molecule has 1 aliphatic carbocycles. The Labute approximate surface area is 143 Å². The van der Waals surface area contributed by atoms with Crippen molar-refractivity contribution in [3.05, 3.63) is 28.2 Å². The number of halogens is 1. The maximum absolute atomic E-state index is 11.6. The fourth-order valence-corrected chi connectivity index (χ4v) is 4.07. The lowest BCUT2D eigenvalue weighted by molar-refractivity contribution is 0.101. The Morgan fingerprint density at radius 3 is 2.57 bits per heavy atom. The van der Waals surface area contributed by atoms with E-state index in [0.717, 1.165) is 35.8 Å². The summed E-state index contributed by atoms with van der Waals surface area (Å²) < 4.78 is 0.740. The topological polar surface area (TPSA) is 97.1 Å². The number of carbonyl (C=O) groups is 1. The number of nitrogens with two attached hydrogens (primary N) is 2. The summed E-state index contributed by atoms with van der Waals surface area (Å²) in [6.45, 7) is 1.55. The second kappa shape index (κ2) is 5.96. The molecule has 1 aliphatic heterocycles. The molecule has 1 aromatic rings. The fourth-order valence-electron chi connectivity index (χ4n) is 3.42. The molecule has 0 aromatic heterocycles. The molecule has 3 rings (SSSR count). The van der Waals surface area contributed by atoms with Crippen LogP contribution < -0.4 is 16.4 Å². The van der Waals surface area contributed by atoms with Crippen LogP contribution in [0.3, 0.4) is 0 Å². The monoisotopic (exact) mass is 377 g/mol. The van der Waals surface area contributed by atoms with E-state index < -0.39 is 5.66 Å². The molecule has 7 heteroatoms. The van der Waals surface area contributed by atoms with Crippen LogP contribution in [-0.2, 0) is 0 Å². The van der Waals surface area contributed by atoms with Crippen molar-refractivity contribution < 1.29 is 4.79 Å². The number of nitrogens with zero attached hydrogens (tertiary/aromatic N) is 3. The van der Waals surface area contributed by atoms with Gasteiger partial charge in [0.2, 0.25) is 11.9 Å². The first-order valence-corrected chi connectivity index (χ1v) is 8.52. The van der Waals surface area contributed by atoms with Crippen LogP contribution in [0.25, 0.3) is 0 Å². The SMILES string of the molecule is CC(=O)c1ccc(N2C(N)=NC(N)=NC23CCCCC3)cc1Br. The highest BCUT2D eigenvalue weighted by molar-refractivity contribution is 9.10. The number of benzene rings is 1. The predicted octanol–water partition coefficient (Wildman–Crippen LogP) is 2.76. The summed E-state index contributed by atoms with van der Waals surface area (Å²) in [7, 11) is 0. The molecule has 2 aliphatic rings. The van der Waals surface area contributed by atoms with E-state index in [1.165, 1.54) is 6.42 Å². The fraction of sp³-hybridized carbons (Fsp3) is 0.438. The largest absolute Gasteiger partial charge is 0.369 e. The third-order valence-corrected chi connectivity index (χ3v) is 5.10. The quantitative estimate of drug-likeness (QED) is 0.774. The minimum Gasteiger partial charge on any atom is -0.369 e. The van der Waals surface area contributed by atoms with Crippen molar-refractivity contribution in [3.8, 4) is 0 Å². The van der Waals surface area contributed by atoms with Gasteiger partial charge in [-0.05, 0) is 66.7 Å². The number of carbonyl (C=O) groups excluding carboxylic acids is 1. The molecular weight excluding hydrogens is 358 g/mol. The van der Waals surface area contributed by atoms with Crippen molar-refractivity contribution in [1.82, 2.24) is 0 Å². The van der Waals surface area contributed by atoms with Gasteiger partial charge in [-0.2, -0.15) is 4.99 Å². The Hall–Kier alpha value is -1.89. The van der Waals surface area contributed by atoms with Crippen molar-refractivity contribution in [2.24, 2.45) is 21.5 Å². The van der Waals surface area contributed by atoms with Gasteiger partial charge >= 0.3 is 0 Å². The van der Waals surface area contributed by atoms with Crippen molar-refractivity contribution >= 4 is 39.3 Å². The van der Waals surface area contributed by atoms with E-state index in [0.29, 0.717) is 11.5 Å². The van der Waals surface area contributed by atoms with Crippen LogP contribution >= 0.6 is 15.9 Å². The molecule has 122 valence electrons. The second-order valence-electron chi connectivity index (χ2n) is 6.04. The van der Waals surface area contributed by atoms with E-state index in [9.17, 15) is 4.79 Å². The van der Waals surface area contributed by atoms with Gasteiger partial charge in [0.25, 0.3) is 0 Å². The van der Waals surface area contributed by atoms with Gasteiger partial charge in [-0.25, -0.2) is 4.99 Å². The Morgan fingerprint density at radius 1 is 1.26 bits per heavy atom. The molecule has 0 amide bonds. The number of Topliss-reactive ketones (excluding diaryl/α,β-unsaturated/α-hetero) is 1. The number of guanidine groups is 2. The summed E-state index contributed by atoms with van der Waals surface area (Å²) in [5, 5.41) is 0. The smallest absolute Gasteiger partial charge is 0.220 e. The Kier molecular flexibility index (Phi) is 4.14. The molecule has 4 N–H and O–H groups in total. The summed E-state index contributed by atoms with van der Waals surface area (Å²) >= 11 is 3.47. The van der Waals surface area contributed by atoms with Gasteiger partial charge in [0.15, 0.2) is 5.78 Å². The maximum Gasteiger partial charge on any atom is 0.220 e. The highest BCUT2D eigenvalue weighted by Gasteiger charge is 2.42. The second-order valence-corrected chi connectivity index (χ2v) is 6.89. The standard InChI is InChI=1S/C16H20BrN5O/c1-10(23)12-6-5-11(9-13(12)17)22-15(19)20-14(18)21-16(22)7-3-2-4-8-16/h5-6,9H,2-4,7-8H2,1H3,(H4,18,19,20,21). The van der Waals surface area contributed by atoms with Crippen LogP contribution in [0.2, 0.25) is 0 Å². The third kappa shape index (κ3) is 2.85. The van der Waals surface area contributed by atoms with Crippen LogP contribution in [0, 0.1) is 0 Å². The third-order valence-electron chi connectivity index (χ3n) is 4.44. The number of anilines is 1. The first-order chi connectivity index (χ1) is 10.9. The van der Waals surface area contributed by atoms with Crippen LogP contribution in [0.15, 0.2) is 32.7 Å². The molecule has 0 unspecified atom stereocenters. The van der Waals surface area contributed by atoms with Gasteiger partial charge < -0.3 is 11.5 Å². The zero-order valence-electron chi connectivity index (χ0n) is 13.1. The van der Waals surface area contributed by atoms with E-state index >= 15 is 0 Å². The number of hydrogen-bond acceptors (Lipinski definition) is 6. The molecule has 0 bridgehead atoms. The van der Waals surface area contributed by atoms with Gasteiger partial charge in [-0.15, -0.1) is 0 Å². The summed E-state index contributed by atoms with van der Waals surface area (Å²) in [6, 6.07) is 5.58. The molecular formula is C16H20BrN5O. The molecule has 0 saturated heterocycles. The maximum atomic E-state index is 11.6. The molecule has 1 aromatic carbocycles. The van der Waals surface area contributed by atoms with Gasteiger partial charge in [-0.3, -0.25) is 9.69 Å². The number of hydrogen-bond donors (Lipinski definition) is 2. The molecule has 1 spiro atoms.